The van der Waals surface area contributed by atoms with Gasteiger partial charge in [-0.1, -0.05) is 19.4 Å². The molecule has 1 aromatic heterocycles. The van der Waals surface area contributed by atoms with Crippen molar-refractivity contribution in [3.05, 3.63) is 35.5 Å². The van der Waals surface area contributed by atoms with Gasteiger partial charge < -0.3 is 10.2 Å². The van der Waals surface area contributed by atoms with Crippen molar-refractivity contribution in [3.63, 3.8) is 0 Å². The largest absolute Gasteiger partial charge is 0.388 e. The van der Waals surface area contributed by atoms with Crippen LogP contribution in [-0.4, -0.2) is 30.3 Å². The van der Waals surface area contributed by atoms with Crippen LogP contribution in [0.3, 0.4) is 0 Å². The molecule has 1 aromatic carbocycles. The molecule has 1 saturated heterocycles. The molecule has 2 aromatic rings. The Kier molecular flexibility index (Phi) is 5.34. The molecule has 0 spiro atoms. The van der Waals surface area contributed by atoms with Gasteiger partial charge in [-0.2, -0.15) is 10.2 Å². The average Bonchev–Trinajstić information content (AvgIpc) is 3.15. The first-order valence-corrected chi connectivity index (χ1v) is 9.13. The maximum atomic E-state index is 4.62. The molecule has 4 nitrogen and oxygen atoms in total. The Labute approximate surface area is 145 Å². The molecule has 0 aliphatic carbocycles. The highest BCUT2D eigenvalue weighted by Crippen LogP contribution is 2.31. The number of benzene rings is 1. The number of aryl methyl sites for hydroxylation is 2. The highest BCUT2D eigenvalue weighted by molar-refractivity contribution is 5.71. The molecule has 3 rings (SSSR count). The summed E-state index contributed by atoms with van der Waals surface area (Å²) in [6.07, 6.45) is 5.93. The Balaban J connectivity index is 2.01. The second kappa shape index (κ2) is 7.65. The fourth-order valence-corrected chi connectivity index (χ4v) is 3.35. The molecule has 0 radical (unpaired) electrons. The SMILES string of the molecule is CCCCc1nnc(-c2cc(NC)ccc2C)cc1N1CCCC1. The van der Waals surface area contributed by atoms with Crippen LogP contribution in [0.1, 0.15) is 43.9 Å². The van der Waals surface area contributed by atoms with Crippen molar-refractivity contribution in [2.75, 3.05) is 30.4 Å². The summed E-state index contributed by atoms with van der Waals surface area (Å²) >= 11 is 0. The lowest BCUT2D eigenvalue weighted by Gasteiger charge is -2.21. The minimum absolute atomic E-state index is 0.978. The molecule has 1 fully saturated rings. The normalized spacial score (nSPS) is 14.2. The van der Waals surface area contributed by atoms with E-state index in [0.717, 1.165) is 42.1 Å². The Bertz CT molecular complexity index is 690. The van der Waals surface area contributed by atoms with Crippen LogP contribution in [0.15, 0.2) is 24.3 Å². The molecule has 2 heterocycles. The smallest absolute Gasteiger partial charge is 0.0953 e. The summed E-state index contributed by atoms with van der Waals surface area (Å²) in [5.41, 5.74) is 6.93. The van der Waals surface area contributed by atoms with Crippen LogP contribution in [-0.2, 0) is 6.42 Å². The molecule has 0 atom stereocenters. The summed E-state index contributed by atoms with van der Waals surface area (Å²) in [6.45, 7) is 6.64. The zero-order chi connectivity index (χ0) is 16.9. The molecule has 1 aliphatic heterocycles. The van der Waals surface area contributed by atoms with Gasteiger partial charge >= 0.3 is 0 Å². The topological polar surface area (TPSA) is 41.1 Å². The summed E-state index contributed by atoms with van der Waals surface area (Å²) in [7, 11) is 1.95. The maximum Gasteiger partial charge on any atom is 0.0953 e. The predicted octanol–water partition coefficient (Wildman–Crippen LogP) is 4.44. The van der Waals surface area contributed by atoms with E-state index in [2.05, 4.69) is 58.5 Å². The van der Waals surface area contributed by atoms with Crippen LogP contribution in [0.25, 0.3) is 11.3 Å². The van der Waals surface area contributed by atoms with Crippen molar-refractivity contribution in [2.45, 2.75) is 46.0 Å². The van der Waals surface area contributed by atoms with Gasteiger partial charge in [0.15, 0.2) is 0 Å². The second-order valence-corrected chi connectivity index (χ2v) is 6.64. The monoisotopic (exact) mass is 324 g/mol. The number of nitrogens with zero attached hydrogens (tertiary/aromatic N) is 3. The van der Waals surface area contributed by atoms with Crippen LogP contribution in [0.2, 0.25) is 0 Å². The number of hydrogen-bond acceptors (Lipinski definition) is 4. The molecular weight excluding hydrogens is 296 g/mol. The quantitative estimate of drug-likeness (QED) is 0.853. The van der Waals surface area contributed by atoms with Crippen molar-refractivity contribution in [1.29, 1.82) is 0 Å². The molecule has 1 N–H and O–H groups in total. The van der Waals surface area contributed by atoms with Gasteiger partial charge in [0.25, 0.3) is 0 Å². The summed E-state index contributed by atoms with van der Waals surface area (Å²) in [4.78, 5) is 2.49. The van der Waals surface area contributed by atoms with E-state index in [1.54, 1.807) is 0 Å². The molecular formula is C20H28N4. The Morgan fingerprint density at radius 1 is 1.12 bits per heavy atom. The van der Waals surface area contributed by atoms with E-state index in [9.17, 15) is 0 Å². The first kappa shape index (κ1) is 16.7. The fourth-order valence-electron chi connectivity index (χ4n) is 3.35. The molecule has 1 aliphatic rings. The summed E-state index contributed by atoms with van der Waals surface area (Å²) in [5, 5.41) is 12.4. The van der Waals surface area contributed by atoms with Crippen LogP contribution in [0.5, 0.6) is 0 Å². The van der Waals surface area contributed by atoms with Crippen LogP contribution < -0.4 is 10.2 Å². The zero-order valence-corrected chi connectivity index (χ0v) is 15.1. The zero-order valence-electron chi connectivity index (χ0n) is 15.1. The van der Waals surface area contributed by atoms with Crippen LogP contribution in [0.4, 0.5) is 11.4 Å². The molecule has 0 bridgehead atoms. The molecule has 0 amide bonds. The van der Waals surface area contributed by atoms with E-state index in [1.807, 2.05) is 7.05 Å². The van der Waals surface area contributed by atoms with Gasteiger partial charge in [0.1, 0.15) is 0 Å². The van der Waals surface area contributed by atoms with Gasteiger partial charge in [0.2, 0.25) is 0 Å². The number of anilines is 2. The van der Waals surface area contributed by atoms with Crippen LogP contribution >= 0.6 is 0 Å². The van der Waals surface area contributed by atoms with E-state index < -0.39 is 0 Å². The Morgan fingerprint density at radius 2 is 1.92 bits per heavy atom. The number of nitrogens with one attached hydrogen (secondary N) is 1. The van der Waals surface area contributed by atoms with E-state index in [1.165, 1.54) is 36.9 Å². The third kappa shape index (κ3) is 3.53. The third-order valence-electron chi connectivity index (χ3n) is 4.86. The fraction of sp³-hybridized carbons (Fsp3) is 0.500. The summed E-state index contributed by atoms with van der Waals surface area (Å²) < 4.78 is 0. The Hall–Kier alpha value is -2.10. The molecule has 4 heteroatoms. The van der Waals surface area contributed by atoms with Crippen molar-refractivity contribution in [3.8, 4) is 11.3 Å². The van der Waals surface area contributed by atoms with Crippen molar-refractivity contribution < 1.29 is 0 Å². The van der Waals surface area contributed by atoms with E-state index >= 15 is 0 Å². The number of aromatic nitrogens is 2. The van der Waals surface area contributed by atoms with Gasteiger partial charge in [0, 0.05) is 31.4 Å². The first-order chi connectivity index (χ1) is 11.7. The molecule has 128 valence electrons. The van der Waals surface area contributed by atoms with E-state index in [-0.39, 0.29) is 0 Å². The maximum absolute atomic E-state index is 4.62. The number of unbranched alkanes of at least 4 members (excludes halogenated alkanes) is 1. The molecule has 0 saturated carbocycles. The van der Waals surface area contributed by atoms with Gasteiger partial charge in [-0.25, -0.2) is 0 Å². The first-order valence-electron chi connectivity index (χ1n) is 9.13. The van der Waals surface area contributed by atoms with Gasteiger partial charge in [-0.3, -0.25) is 0 Å². The lowest BCUT2D eigenvalue weighted by atomic mass is 10.0. The third-order valence-corrected chi connectivity index (χ3v) is 4.86. The standard InChI is InChI=1S/C20H28N4/c1-4-5-8-18-20(24-11-6-7-12-24)14-19(23-22-18)17-13-16(21-3)10-9-15(17)2/h9-10,13-14,21H,4-8,11-12H2,1-3H3. The average molecular weight is 324 g/mol. The Morgan fingerprint density at radius 3 is 2.62 bits per heavy atom. The predicted molar refractivity (Wildman–Crippen MR) is 102 cm³/mol. The van der Waals surface area contributed by atoms with Gasteiger partial charge in [-0.05, 0) is 56.4 Å². The van der Waals surface area contributed by atoms with Crippen molar-refractivity contribution >= 4 is 11.4 Å². The number of rotatable bonds is 6. The lowest BCUT2D eigenvalue weighted by Crippen LogP contribution is -2.20. The number of hydrogen-bond donors (Lipinski definition) is 1. The minimum atomic E-state index is 0.978. The minimum Gasteiger partial charge on any atom is -0.388 e. The lowest BCUT2D eigenvalue weighted by molar-refractivity contribution is 0.753. The van der Waals surface area contributed by atoms with E-state index in [0.29, 0.717) is 0 Å². The van der Waals surface area contributed by atoms with Crippen molar-refractivity contribution in [1.82, 2.24) is 10.2 Å². The highest BCUT2D eigenvalue weighted by atomic mass is 15.2. The van der Waals surface area contributed by atoms with Crippen molar-refractivity contribution in [2.24, 2.45) is 0 Å². The molecule has 0 unspecified atom stereocenters. The van der Waals surface area contributed by atoms with Gasteiger partial charge in [0.05, 0.1) is 17.1 Å². The van der Waals surface area contributed by atoms with Crippen LogP contribution in [0, 0.1) is 6.92 Å². The summed E-state index contributed by atoms with van der Waals surface area (Å²) in [5.74, 6) is 0. The summed E-state index contributed by atoms with van der Waals surface area (Å²) in [6, 6.07) is 8.66. The second-order valence-electron chi connectivity index (χ2n) is 6.64. The van der Waals surface area contributed by atoms with E-state index in [4.69, 9.17) is 0 Å². The van der Waals surface area contributed by atoms with Gasteiger partial charge in [-0.15, -0.1) is 0 Å². The highest BCUT2D eigenvalue weighted by Gasteiger charge is 2.19. The molecule has 24 heavy (non-hydrogen) atoms.